The molecule has 5 rings (SSSR count). The zero-order valence-electron chi connectivity index (χ0n) is 19.3. The molecule has 5 nitrogen and oxygen atoms in total. The predicted octanol–water partition coefficient (Wildman–Crippen LogP) is 5.24. The predicted molar refractivity (Wildman–Crippen MR) is 138 cm³/mol. The number of nitrogens with one attached hydrogen (secondary N) is 1. The smallest absolute Gasteiger partial charge is 0.248 e. The summed E-state index contributed by atoms with van der Waals surface area (Å²) in [4.78, 5) is 29.1. The van der Waals surface area contributed by atoms with E-state index in [0.29, 0.717) is 6.54 Å². The van der Waals surface area contributed by atoms with Crippen LogP contribution in [-0.4, -0.2) is 22.1 Å². The highest BCUT2D eigenvalue weighted by molar-refractivity contribution is 8.00. The van der Waals surface area contributed by atoms with E-state index in [1.807, 2.05) is 79.8 Å². The third-order valence-electron chi connectivity index (χ3n) is 6.38. The lowest BCUT2D eigenvalue weighted by Crippen LogP contribution is -2.43. The first-order valence-corrected chi connectivity index (χ1v) is 12.5. The lowest BCUT2D eigenvalue weighted by atomic mass is 10.0. The number of fused-ring (bicyclic) bond motifs is 3. The van der Waals surface area contributed by atoms with Crippen molar-refractivity contribution in [1.82, 2.24) is 9.88 Å². The van der Waals surface area contributed by atoms with Gasteiger partial charge in [0.05, 0.1) is 10.8 Å². The van der Waals surface area contributed by atoms with Crippen molar-refractivity contribution in [1.29, 1.82) is 0 Å². The van der Waals surface area contributed by atoms with Crippen LogP contribution >= 0.6 is 11.8 Å². The van der Waals surface area contributed by atoms with E-state index in [1.54, 1.807) is 4.90 Å². The fourth-order valence-electron chi connectivity index (χ4n) is 4.66. The van der Waals surface area contributed by atoms with Gasteiger partial charge >= 0.3 is 0 Å². The molecule has 6 heteroatoms. The SMILES string of the molecule is CCc1cccc(N2C(=O)CSc3c(c4ccccc4n3C)C2C(=O)NCc2ccccc2)c1. The van der Waals surface area contributed by atoms with Crippen LogP contribution in [0.5, 0.6) is 0 Å². The van der Waals surface area contributed by atoms with Crippen molar-refractivity contribution in [3.8, 4) is 0 Å². The second kappa shape index (κ2) is 9.39. The minimum Gasteiger partial charge on any atom is -0.350 e. The Kier molecular flexibility index (Phi) is 6.16. The molecule has 0 spiro atoms. The number of carbonyl (C=O) groups excluding carboxylic acids is 2. The summed E-state index contributed by atoms with van der Waals surface area (Å²) in [5.41, 5.74) is 4.84. The van der Waals surface area contributed by atoms with Gasteiger partial charge in [-0.2, -0.15) is 0 Å². The van der Waals surface area contributed by atoms with Gasteiger partial charge in [-0.3, -0.25) is 14.5 Å². The van der Waals surface area contributed by atoms with Gasteiger partial charge in [0.25, 0.3) is 0 Å². The van der Waals surface area contributed by atoms with Crippen LogP contribution in [0.4, 0.5) is 5.69 Å². The first-order valence-electron chi connectivity index (χ1n) is 11.5. The van der Waals surface area contributed by atoms with Crippen molar-refractivity contribution in [2.24, 2.45) is 7.05 Å². The third kappa shape index (κ3) is 3.99. The molecule has 1 unspecified atom stereocenters. The lowest BCUT2D eigenvalue weighted by molar-refractivity contribution is -0.125. The Morgan fingerprint density at radius 2 is 1.74 bits per heavy atom. The number of amides is 2. The Morgan fingerprint density at radius 1 is 1.00 bits per heavy atom. The van der Waals surface area contributed by atoms with Crippen molar-refractivity contribution in [3.05, 3.63) is 95.6 Å². The number of para-hydroxylation sites is 1. The monoisotopic (exact) mass is 469 g/mol. The molecular formula is C28H27N3O2S. The average molecular weight is 470 g/mol. The fraction of sp³-hybridized carbons (Fsp3) is 0.214. The molecular weight excluding hydrogens is 442 g/mol. The molecule has 1 atom stereocenters. The van der Waals surface area contributed by atoms with E-state index < -0.39 is 6.04 Å². The minimum atomic E-state index is -0.764. The quantitative estimate of drug-likeness (QED) is 0.435. The van der Waals surface area contributed by atoms with Gasteiger partial charge in [-0.05, 0) is 35.7 Å². The number of anilines is 1. The van der Waals surface area contributed by atoms with Gasteiger partial charge in [0.15, 0.2) is 0 Å². The average Bonchev–Trinajstić information content (AvgIpc) is 3.05. The van der Waals surface area contributed by atoms with Gasteiger partial charge in [-0.15, -0.1) is 0 Å². The molecule has 0 saturated heterocycles. The summed E-state index contributed by atoms with van der Waals surface area (Å²) in [6.45, 7) is 2.49. The summed E-state index contributed by atoms with van der Waals surface area (Å²) in [6, 6.07) is 25.1. The number of benzene rings is 3. The van der Waals surface area contributed by atoms with Crippen LogP contribution in [-0.2, 0) is 29.6 Å². The molecule has 172 valence electrons. The molecule has 0 fully saturated rings. The standard InChI is InChI=1S/C28H27N3O2S/c1-3-19-12-9-13-21(16-19)31-24(32)18-34-28-25(22-14-7-8-15-23(22)30(28)2)26(31)27(33)29-17-20-10-5-4-6-11-20/h4-16,26H,3,17-18H2,1-2H3,(H,29,33). The Labute approximate surface area is 203 Å². The van der Waals surface area contributed by atoms with Crippen molar-refractivity contribution < 1.29 is 9.59 Å². The maximum Gasteiger partial charge on any atom is 0.248 e. The van der Waals surface area contributed by atoms with Crippen LogP contribution in [0.1, 0.15) is 29.7 Å². The second-order valence-corrected chi connectivity index (χ2v) is 9.44. The number of hydrogen-bond acceptors (Lipinski definition) is 3. The number of aryl methyl sites for hydroxylation is 2. The maximum atomic E-state index is 13.9. The number of thioether (sulfide) groups is 1. The van der Waals surface area contributed by atoms with Gasteiger partial charge in [0.1, 0.15) is 6.04 Å². The van der Waals surface area contributed by atoms with Crippen LogP contribution in [0.2, 0.25) is 0 Å². The van der Waals surface area contributed by atoms with Crippen LogP contribution in [0.25, 0.3) is 10.9 Å². The lowest BCUT2D eigenvalue weighted by Gasteiger charge is -2.30. The normalized spacial score (nSPS) is 15.8. The summed E-state index contributed by atoms with van der Waals surface area (Å²) in [5.74, 6) is 0.0216. The van der Waals surface area contributed by atoms with E-state index in [9.17, 15) is 9.59 Å². The van der Waals surface area contributed by atoms with E-state index in [1.165, 1.54) is 11.8 Å². The van der Waals surface area contributed by atoms with Crippen LogP contribution < -0.4 is 10.2 Å². The molecule has 2 amide bonds. The summed E-state index contributed by atoms with van der Waals surface area (Å²) in [5, 5.41) is 5.07. The molecule has 34 heavy (non-hydrogen) atoms. The largest absolute Gasteiger partial charge is 0.350 e. The van der Waals surface area contributed by atoms with Gasteiger partial charge in [0, 0.05) is 35.7 Å². The number of rotatable bonds is 5. The molecule has 2 heterocycles. The molecule has 0 saturated carbocycles. The van der Waals surface area contributed by atoms with Crippen molar-refractivity contribution in [2.75, 3.05) is 10.7 Å². The number of nitrogens with zero attached hydrogens (tertiary/aromatic N) is 2. The summed E-state index contributed by atoms with van der Waals surface area (Å²) in [7, 11) is 2.00. The molecule has 1 aromatic heterocycles. The van der Waals surface area contributed by atoms with E-state index in [4.69, 9.17) is 0 Å². The van der Waals surface area contributed by atoms with Crippen LogP contribution in [0, 0.1) is 0 Å². The molecule has 4 aromatic rings. The van der Waals surface area contributed by atoms with E-state index in [0.717, 1.165) is 44.7 Å². The van der Waals surface area contributed by atoms with Crippen molar-refractivity contribution >= 4 is 40.2 Å². The first-order chi connectivity index (χ1) is 16.6. The van der Waals surface area contributed by atoms with E-state index in [-0.39, 0.29) is 17.6 Å². The van der Waals surface area contributed by atoms with E-state index in [2.05, 4.69) is 22.9 Å². The highest BCUT2D eigenvalue weighted by Crippen LogP contribution is 2.43. The molecule has 1 aliphatic heterocycles. The molecule has 0 aliphatic carbocycles. The Morgan fingerprint density at radius 3 is 2.53 bits per heavy atom. The molecule has 3 aromatic carbocycles. The topological polar surface area (TPSA) is 54.3 Å². The van der Waals surface area contributed by atoms with Crippen LogP contribution in [0.15, 0.2) is 83.9 Å². The first kappa shape index (κ1) is 22.3. The van der Waals surface area contributed by atoms with E-state index >= 15 is 0 Å². The maximum absolute atomic E-state index is 13.9. The second-order valence-electron chi connectivity index (χ2n) is 8.48. The van der Waals surface area contributed by atoms with Gasteiger partial charge < -0.3 is 9.88 Å². The van der Waals surface area contributed by atoms with Crippen molar-refractivity contribution in [2.45, 2.75) is 31.0 Å². The van der Waals surface area contributed by atoms with Gasteiger partial charge in [0.2, 0.25) is 11.8 Å². The summed E-state index contributed by atoms with van der Waals surface area (Å²) < 4.78 is 2.10. The Balaban J connectivity index is 1.66. The fourth-order valence-corrected chi connectivity index (χ4v) is 5.73. The number of hydrogen-bond donors (Lipinski definition) is 1. The molecule has 1 N–H and O–H groups in total. The third-order valence-corrected chi connectivity index (χ3v) is 7.54. The van der Waals surface area contributed by atoms with Crippen LogP contribution in [0.3, 0.4) is 0 Å². The Bertz CT molecular complexity index is 1360. The number of carbonyl (C=O) groups is 2. The molecule has 1 aliphatic rings. The highest BCUT2D eigenvalue weighted by atomic mass is 32.2. The number of aromatic nitrogens is 1. The van der Waals surface area contributed by atoms with Gasteiger partial charge in [-0.25, -0.2) is 0 Å². The molecule has 0 radical (unpaired) electrons. The summed E-state index contributed by atoms with van der Waals surface area (Å²) in [6.07, 6.45) is 0.856. The molecule has 0 bridgehead atoms. The zero-order valence-corrected chi connectivity index (χ0v) is 20.1. The highest BCUT2D eigenvalue weighted by Gasteiger charge is 2.39. The minimum absolute atomic E-state index is 0.0709. The Hall–Kier alpha value is -3.51. The van der Waals surface area contributed by atoms with Crippen molar-refractivity contribution in [3.63, 3.8) is 0 Å². The van der Waals surface area contributed by atoms with Gasteiger partial charge in [-0.1, -0.05) is 79.3 Å². The summed E-state index contributed by atoms with van der Waals surface area (Å²) >= 11 is 1.51. The zero-order chi connectivity index (χ0) is 23.7.